The molecular formula is CH3ClN2O2. The highest BCUT2D eigenvalue weighted by atomic mass is 35.5. The second-order valence-corrected chi connectivity index (χ2v) is 0.892. The fourth-order valence-corrected chi connectivity index (χ4v) is 0.146. The number of rotatable bonds is 2. The van der Waals surface area contributed by atoms with Gasteiger partial charge in [0, 0.05) is 4.92 Å². The lowest BCUT2D eigenvalue weighted by Gasteiger charge is -1.81. The Hall–Kier alpha value is -0.350. The molecule has 0 radical (unpaired) electrons. The molecule has 0 saturated carbocycles. The summed E-state index contributed by atoms with van der Waals surface area (Å²) in [7, 11) is 0. The van der Waals surface area contributed by atoms with Gasteiger partial charge < -0.3 is 0 Å². The third-order valence-corrected chi connectivity index (χ3v) is 0.308. The summed E-state index contributed by atoms with van der Waals surface area (Å²) in [6, 6.07) is 0. The molecule has 0 bridgehead atoms. The van der Waals surface area contributed by atoms with Crippen LogP contribution in [0.3, 0.4) is 0 Å². The molecule has 36 valence electrons. The van der Waals surface area contributed by atoms with Gasteiger partial charge in [-0.25, -0.2) is 0 Å². The van der Waals surface area contributed by atoms with E-state index in [1.807, 2.05) is 4.84 Å². The van der Waals surface area contributed by atoms with Crippen molar-refractivity contribution in [3.05, 3.63) is 10.1 Å². The fraction of sp³-hybridized carbons (Fsp3) is 1.00. The zero-order valence-electron chi connectivity index (χ0n) is 2.85. The molecule has 0 unspecified atom stereocenters. The number of nitro groups is 1. The number of hydrogen-bond donors (Lipinski definition) is 1. The Morgan fingerprint density at radius 2 is 2.50 bits per heavy atom. The van der Waals surface area contributed by atoms with Crippen molar-refractivity contribution in [3.63, 3.8) is 0 Å². The number of hydrogen-bond acceptors (Lipinski definition) is 3. The van der Waals surface area contributed by atoms with Crippen LogP contribution < -0.4 is 4.84 Å². The van der Waals surface area contributed by atoms with Crippen molar-refractivity contribution in [2.45, 2.75) is 0 Å². The molecule has 0 saturated heterocycles. The molecule has 0 amide bonds. The standard InChI is InChI=1S/CH3ClN2O2/c2-3-1-4(5)6/h3H,1H2. The van der Waals surface area contributed by atoms with Crippen LogP contribution in [0.25, 0.3) is 0 Å². The Kier molecular flexibility index (Phi) is 2.70. The summed E-state index contributed by atoms with van der Waals surface area (Å²) in [5.41, 5.74) is 0. The Morgan fingerprint density at radius 1 is 2.00 bits per heavy atom. The van der Waals surface area contributed by atoms with Crippen molar-refractivity contribution in [1.82, 2.24) is 4.84 Å². The van der Waals surface area contributed by atoms with Crippen LogP contribution in [-0.4, -0.2) is 11.6 Å². The largest absolute Gasteiger partial charge is 0.269 e. The lowest BCUT2D eigenvalue weighted by atomic mass is 11.2. The van der Waals surface area contributed by atoms with Crippen molar-refractivity contribution >= 4 is 11.8 Å². The topological polar surface area (TPSA) is 55.2 Å². The predicted octanol–water partition coefficient (Wildman–Crippen LogP) is -0.0360. The predicted molar refractivity (Wildman–Crippen MR) is 20.9 cm³/mol. The number of nitrogens with zero attached hydrogens (tertiary/aromatic N) is 1. The smallest absolute Gasteiger partial charge is 0.263 e. The minimum Gasteiger partial charge on any atom is -0.263 e. The lowest BCUT2D eigenvalue weighted by Crippen LogP contribution is -2.10. The second-order valence-electron chi connectivity index (χ2n) is 0.624. The van der Waals surface area contributed by atoms with Crippen LogP contribution in [0.15, 0.2) is 0 Å². The van der Waals surface area contributed by atoms with Gasteiger partial charge in [0.15, 0.2) is 0 Å². The third kappa shape index (κ3) is 3.65. The van der Waals surface area contributed by atoms with Gasteiger partial charge in [0.1, 0.15) is 0 Å². The summed E-state index contributed by atoms with van der Waals surface area (Å²) >= 11 is 4.70. The van der Waals surface area contributed by atoms with Gasteiger partial charge in [-0.1, -0.05) is 0 Å². The highest BCUT2D eigenvalue weighted by Gasteiger charge is 1.85. The highest BCUT2D eigenvalue weighted by molar-refractivity contribution is 6.13. The van der Waals surface area contributed by atoms with E-state index in [-0.39, 0.29) is 6.67 Å². The molecule has 0 aromatic rings. The van der Waals surface area contributed by atoms with Gasteiger partial charge in [0.25, 0.3) is 6.67 Å². The first-order valence-electron chi connectivity index (χ1n) is 1.22. The van der Waals surface area contributed by atoms with Crippen molar-refractivity contribution in [1.29, 1.82) is 0 Å². The average Bonchev–Trinajstić information content (AvgIpc) is 1.35. The minimum absolute atomic E-state index is 0.387. The minimum atomic E-state index is -0.562. The van der Waals surface area contributed by atoms with Gasteiger partial charge in [-0.3, -0.25) is 10.1 Å². The summed E-state index contributed by atoms with van der Waals surface area (Å²) in [5, 5.41) is 9.26. The molecule has 0 aliphatic carbocycles. The summed E-state index contributed by atoms with van der Waals surface area (Å²) in [6.07, 6.45) is 0. The SMILES string of the molecule is O=[N+]([O-])CNCl. The van der Waals surface area contributed by atoms with E-state index in [0.29, 0.717) is 0 Å². The first-order valence-corrected chi connectivity index (χ1v) is 1.60. The Morgan fingerprint density at radius 3 is 2.50 bits per heavy atom. The van der Waals surface area contributed by atoms with Crippen molar-refractivity contribution in [2.24, 2.45) is 0 Å². The lowest BCUT2D eigenvalue weighted by molar-refractivity contribution is -0.482. The van der Waals surface area contributed by atoms with Gasteiger partial charge in [0.05, 0.1) is 0 Å². The monoisotopic (exact) mass is 110 g/mol. The second kappa shape index (κ2) is 2.87. The average molecular weight is 110 g/mol. The van der Waals surface area contributed by atoms with E-state index in [2.05, 4.69) is 0 Å². The molecule has 0 aromatic heterocycles. The van der Waals surface area contributed by atoms with E-state index in [1.54, 1.807) is 0 Å². The fourth-order valence-electron chi connectivity index (χ4n) is 0.0488. The molecule has 1 N–H and O–H groups in total. The van der Waals surface area contributed by atoms with E-state index >= 15 is 0 Å². The molecular weight excluding hydrogens is 107 g/mol. The van der Waals surface area contributed by atoms with Crippen LogP contribution in [0.2, 0.25) is 0 Å². The van der Waals surface area contributed by atoms with Gasteiger partial charge in [-0.15, -0.1) is 0 Å². The van der Waals surface area contributed by atoms with Crippen molar-refractivity contribution < 1.29 is 4.92 Å². The number of halogens is 1. The van der Waals surface area contributed by atoms with Crippen molar-refractivity contribution in [3.8, 4) is 0 Å². The van der Waals surface area contributed by atoms with Crippen LogP contribution in [-0.2, 0) is 0 Å². The summed E-state index contributed by atoms with van der Waals surface area (Å²) in [4.78, 5) is 10.5. The molecule has 0 atom stereocenters. The molecule has 0 spiro atoms. The zero-order chi connectivity index (χ0) is 4.99. The van der Waals surface area contributed by atoms with E-state index < -0.39 is 4.92 Å². The summed E-state index contributed by atoms with van der Waals surface area (Å²) in [6.45, 7) is -0.387. The van der Waals surface area contributed by atoms with Gasteiger partial charge in [-0.2, -0.15) is 4.84 Å². The quantitative estimate of drug-likeness (QED) is 0.235. The normalized spacial score (nSPS) is 8.17. The summed E-state index contributed by atoms with van der Waals surface area (Å²) < 4.78 is 0. The van der Waals surface area contributed by atoms with E-state index in [1.165, 1.54) is 0 Å². The Bertz CT molecular complexity index is 55.5. The van der Waals surface area contributed by atoms with Crippen LogP contribution in [0, 0.1) is 10.1 Å². The van der Waals surface area contributed by atoms with Crippen LogP contribution in [0.5, 0.6) is 0 Å². The van der Waals surface area contributed by atoms with Gasteiger partial charge in [-0.05, 0) is 11.8 Å². The summed E-state index contributed by atoms with van der Waals surface area (Å²) in [5.74, 6) is 0. The third-order valence-electron chi connectivity index (χ3n) is 0.189. The molecule has 0 aromatic carbocycles. The van der Waals surface area contributed by atoms with Crippen LogP contribution in [0.1, 0.15) is 0 Å². The molecule has 0 aliphatic rings. The molecule has 0 fully saturated rings. The molecule has 5 heteroatoms. The van der Waals surface area contributed by atoms with E-state index in [4.69, 9.17) is 11.8 Å². The van der Waals surface area contributed by atoms with Gasteiger partial charge >= 0.3 is 0 Å². The maximum atomic E-state index is 9.26. The molecule has 0 aliphatic heterocycles. The Balaban J connectivity index is 2.83. The first-order chi connectivity index (χ1) is 2.77. The molecule has 4 nitrogen and oxygen atoms in total. The van der Waals surface area contributed by atoms with E-state index in [9.17, 15) is 10.1 Å². The molecule has 0 heterocycles. The maximum Gasteiger partial charge on any atom is 0.269 e. The molecule has 6 heavy (non-hydrogen) atoms. The maximum absolute atomic E-state index is 9.26. The first kappa shape index (κ1) is 5.65. The number of nitrogens with one attached hydrogen (secondary N) is 1. The molecule has 0 rings (SSSR count). The Labute approximate surface area is 39.4 Å². The van der Waals surface area contributed by atoms with Crippen molar-refractivity contribution in [2.75, 3.05) is 6.67 Å². The van der Waals surface area contributed by atoms with E-state index in [0.717, 1.165) is 0 Å². The van der Waals surface area contributed by atoms with Gasteiger partial charge in [0.2, 0.25) is 0 Å². The van der Waals surface area contributed by atoms with Crippen LogP contribution >= 0.6 is 11.8 Å². The zero-order valence-corrected chi connectivity index (χ0v) is 3.60. The highest BCUT2D eigenvalue weighted by Crippen LogP contribution is 1.61. The van der Waals surface area contributed by atoms with Crippen LogP contribution in [0.4, 0.5) is 0 Å².